The number of anilines is 1. The second-order valence-electron chi connectivity index (χ2n) is 13.5. The number of rotatable bonds is 9. The third-order valence-corrected chi connectivity index (χ3v) is 9.92. The van der Waals surface area contributed by atoms with Gasteiger partial charge in [0.25, 0.3) is 5.91 Å². The Hall–Kier alpha value is -5.76. The first kappa shape index (κ1) is 34.7. The second kappa shape index (κ2) is 14.1. The van der Waals surface area contributed by atoms with Crippen molar-refractivity contribution in [3.63, 3.8) is 0 Å². The molecule has 0 aliphatic carbocycles. The number of imide groups is 1. The summed E-state index contributed by atoms with van der Waals surface area (Å²) in [5.41, 5.74) is 4.48. The Labute approximate surface area is 304 Å². The van der Waals surface area contributed by atoms with Crippen molar-refractivity contribution in [2.75, 3.05) is 24.5 Å². The fraction of sp³-hybridized carbons (Fsp3) is 0.324. The SMILES string of the molecule is Cc1nn(C)cc1-c1nc2ncc(Cl)c(Oc3ccc(C(=O)NCC(=O)NC4(C)CCN(c5ccc([C@@H]6CCC(=O)NC6=O)cc5)CC4)cc3)c2[nH]1. The maximum atomic E-state index is 12.9. The van der Waals surface area contributed by atoms with Crippen LogP contribution in [0.1, 0.15) is 60.1 Å². The van der Waals surface area contributed by atoms with Crippen molar-refractivity contribution in [1.29, 1.82) is 0 Å². The molecule has 1 atom stereocenters. The number of ether oxygens (including phenoxy) is 1. The van der Waals surface area contributed by atoms with Crippen LogP contribution in [-0.4, -0.2) is 73.5 Å². The number of nitrogens with zero attached hydrogens (tertiary/aromatic N) is 5. The molecule has 15 heteroatoms. The minimum absolute atomic E-state index is 0.165. The Morgan fingerprint density at radius 2 is 1.81 bits per heavy atom. The van der Waals surface area contributed by atoms with Crippen molar-refractivity contribution in [3.8, 4) is 22.9 Å². The van der Waals surface area contributed by atoms with Crippen LogP contribution in [0.15, 0.2) is 60.9 Å². The lowest BCUT2D eigenvalue weighted by molar-refractivity contribution is -0.134. The predicted molar refractivity (Wildman–Crippen MR) is 194 cm³/mol. The first-order chi connectivity index (χ1) is 24.9. The van der Waals surface area contributed by atoms with Gasteiger partial charge in [0.05, 0.1) is 29.9 Å². The molecule has 14 nitrogen and oxygen atoms in total. The first-order valence-corrected chi connectivity index (χ1v) is 17.4. The lowest BCUT2D eigenvalue weighted by atomic mass is 9.88. The van der Waals surface area contributed by atoms with Crippen LogP contribution in [0.5, 0.6) is 11.5 Å². The van der Waals surface area contributed by atoms with E-state index < -0.39 is 11.4 Å². The third kappa shape index (κ3) is 7.33. The van der Waals surface area contributed by atoms with Crippen LogP contribution in [0.25, 0.3) is 22.6 Å². The molecule has 4 N–H and O–H groups in total. The van der Waals surface area contributed by atoms with Gasteiger partial charge in [-0.1, -0.05) is 23.7 Å². The van der Waals surface area contributed by atoms with Crippen LogP contribution in [0.4, 0.5) is 5.69 Å². The van der Waals surface area contributed by atoms with Crippen molar-refractivity contribution in [2.24, 2.45) is 7.05 Å². The summed E-state index contributed by atoms with van der Waals surface area (Å²) in [6.45, 7) is 5.21. The highest BCUT2D eigenvalue weighted by Gasteiger charge is 2.32. The molecule has 2 aliphatic rings. The van der Waals surface area contributed by atoms with Gasteiger partial charge in [-0.2, -0.15) is 5.10 Å². The normalized spacial score (nSPS) is 17.2. The van der Waals surface area contributed by atoms with Crippen LogP contribution < -0.4 is 25.6 Å². The minimum Gasteiger partial charge on any atom is -0.453 e. The van der Waals surface area contributed by atoms with Crippen molar-refractivity contribution in [2.45, 2.75) is 51.0 Å². The molecule has 2 aliphatic heterocycles. The highest BCUT2D eigenvalue weighted by atomic mass is 35.5. The molecule has 4 amide bonds. The number of H-pyrrole nitrogens is 1. The molecular formula is C37H38ClN9O5. The van der Waals surface area contributed by atoms with Crippen LogP contribution in [0.2, 0.25) is 5.02 Å². The zero-order valence-electron chi connectivity index (χ0n) is 29.0. The molecular weight excluding hydrogens is 686 g/mol. The Morgan fingerprint density at radius 1 is 1.08 bits per heavy atom. The maximum absolute atomic E-state index is 12.9. The van der Waals surface area contributed by atoms with E-state index in [1.54, 1.807) is 28.9 Å². The van der Waals surface area contributed by atoms with Gasteiger partial charge in [-0.25, -0.2) is 9.97 Å². The summed E-state index contributed by atoms with van der Waals surface area (Å²) < 4.78 is 7.83. The number of aromatic amines is 1. The number of carbonyl (C=O) groups is 4. The highest BCUT2D eigenvalue weighted by molar-refractivity contribution is 6.32. The number of hydrogen-bond donors (Lipinski definition) is 4. The van der Waals surface area contributed by atoms with Gasteiger partial charge in [-0.3, -0.25) is 29.2 Å². The van der Waals surface area contributed by atoms with Crippen molar-refractivity contribution in [1.82, 2.24) is 40.7 Å². The first-order valence-electron chi connectivity index (χ1n) is 17.1. The number of aromatic nitrogens is 5. The smallest absolute Gasteiger partial charge is 0.251 e. The zero-order chi connectivity index (χ0) is 36.6. The van der Waals surface area contributed by atoms with E-state index in [0.717, 1.165) is 48.4 Å². The molecule has 5 aromatic rings. The molecule has 2 saturated heterocycles. The molecule has 52 heavy (non-hydrogen) atoms. The Kier molecular flexibility index (Phi) is 9.40. The van der Waals surface area contributed by atoms with E-state index in [1.807, 2.05) is 51.4 Å². The van der Waals surface area contributed by atoms with Crippen LogP contribution in [-0.2, 0) is 21.4 Å². The topological polar surface area (TPSA) is 176 Å². The van der Waals surface area contributed by atoms with E-state index in [9.17, 15) is 19.2 Å². The summed E-state index contributed by atoms with van der Waals surface area (Å²) in [5, 5.41) is 12.9. The fourth-order valence-corrected chi connectivity index (χ4v) is 6.90. The largest absolute Gasteiger partial charge is 0.453 e. The summed E-state index contributed by atoms with van der Waals surface area (Å²) in [6.07, 6.45) is 5.64. The van der Waals surface area contributed by atoms with Crippen LogP contribution in [0.3, 0.4) is 0 Å². The van der Waals surface area contributed by atoms with E-state index in [4.69, 9.17) is 16.3 Å². The number of amides is 4. The number of halogens is 1. The lowest BCUT2D eigenvalue weighted by Crippen LogP contribution is -2.55. The number of aryl methyl sites for hydroxylation is 2. The molecule has 0 saturated carbocycles. The van der Waals surface area contributed by atoms with Gasteiger partial charge >= 0.3 is 0 Å². The van der Waals surface area contributed by atoms with Gasteiger partial charge in [-0.05, 0) is 75.1 Å². The number of fused-ring (bicyclic) bond motifs is 1. The monoisotopic (exact) mass is 723 g/mol. The molecule has 5 heterocycles. The quantitative estimate of drug-likeness (QED) is 0.159. The molecule has 0 spiro atoms. The van der Waals surface area contributed by atoms with E-state index in [-0.39, 0.29) is 30.2 Å². The van der Waals surface area contributed by atoms with Crippen molar-refractivity contribution in [3.05, 3.63) is 82.8 Å². The number of pyridine rings is 1. The predicted octanol–water partition coefficient (Wildman–Crippen LogP) is 4.54. The summed E-state index contributed by atoms with van der Waals surface area (Å²) in [7, 11) is 1.84. The van der Waals surface area contributed by atoms with Gasteiger partial charge in [0.2, 0.25) is 17.7 Å². The molecule has 2 fully saturated rings. The Balaban J connectivity index is 0.899. The van der Waals surface area contributed by atoms with Crippen LogP contribution >= 0.6 is 11.6 Å². The lowest BCUT2D eigenvalue weighted by Gasteiger charge is -2.41. The van der Waals surface area contributed by atoms with Gasteiger partial charge in [0, 0.05) is 49.5 Å². The number of nitrogens with one attached hydrogen (secondary N) is 4. The van der Waals surface area contributed by atoms with E-state index in [1.165, 1.54) is 6.20 Å². The van der Waals surface area contributed by atoms with Gasteiger partial charge in [0.1, 0.15) is 22.1 Å². The van der Waals surface area contributed by atoms with Gasteiger partial charge in [-0.15, -0.1) is 0 Å². The van der Waals surface area contributed by atoms with Gasteiger partial charge in [0.15, 0.2) is 11.4 Å². The summed E-state index contributed by atoms with van der Waals surface area (Å²) in [6, 6.07) is 14.4. The molecule has 0 radical (unpaired) electrons. The van der Waals surface area contributed by atoms with E-state index in [0.29, 0.717) is 51.9 Å². The van der Waals surface area contributed by atoms with Crippen LogP contribution in [0, 0.1) is 6.92 Å². The Bertz CT molecular complexity index is 2170. The third-order valence-electron chi connectivity index (χ3n) is 9.65. The molecule has 2 aromatic carbocycles. The average molecular weight is 724 g/mol. The number of benzene rings is 2. The van der Waals surface area contributed by atoms with Crippen molar-refractivity contribution < 1.29 is 23.9 Å². The maximum Gasteiger partial charge on any atom is 0.251 e. The zero-order valence-corrected chi connectivity index (χ0v) is 29.7. The summed E-state index contributed by atoms with van der Waals surface area (Å²) in [4.78, 5) is 64.0. The molecule has 7 rings (SSSR count). The van der Waals surface area contributed by atoms with Gasteiger partial charge < -0.3 is 25.3 Å². The standard InChI is InChI=1S/C37H38ClN9O5/c1-21-27(20-46(3)45-21)33-42-31-32(28(38)18-39-34(31)43-33)52-25-10-6-23(7-11-25)35(50)40-19-30(49)44-37(2)14-16-47(17-15-37)24-8-4-22(5-9-24)26-12-13-29(48)41-36(26)51/h4-11,18,20,26H,12-17,19H2,1-3H3,(H,40,50)(H,44,49)(H,39,42,43)(H,41,48,51)/t26-/m0/s1. The minimum atomic E-state index is -0.421. The van der Waals surface area contributed by atoms with Crippen molar-refractivity contribution >= 4 is 52.1 Å². The summed E-state index contributed by atoms with van der Waals surface area (Å²) >= 11 is 6.47. The average Bonchev–Trinajstić information content (AvgIpc) is 3.71. The molecule has 0 unspecified atom stereocenters. The number of carbonyl (C=O) groups excluding carboxylic acids is 4. The molecule has 3 aromatic heterocycles. The van der Waals surface area contributed by atoms with E-state index >= 15 is 0 Å². The number of imidazole rings is 1. The van der Waals surface area contributed by atoms with E-state index in [2.05, 4.69) is 40.9 Å². The Morgan fingerprint density at radius 3 is 2.48 bits per heavy atom. The molecule has 0 bridgehead atoms. The number of piperidine rings is 2. The second-order valence-corrected chi connectivity index (χ2v) is 13.9. The molecule has 268 valence electrons. The summed E-state index contributed by atoms with van der Waals surface area (Å²) in [5.74, 6) is -0.0622. The fourth-order valence-electron chi connectivity index (χ4n) is 6.72. The highest BCUT2D eigenvalue weighted by Crippen LogP contribution is 2.36. The number of hydrogen-bond acceptors (Lipinski definition) is 9.